The van der Waals surface area contributed by atoms with E-state index < -0.39 is 0 Å². The Kier molecular flexibility index (Phi) is 3.43. The Bertz CT molecular complexity index is 293. The predicted molar refractivity (Wildman–Crippen MR) is 59.9 cm³/mol. The fraction of sp³-hybridized carbons (Fsp3) is 0.818. The van der Waals surface area contributed by atoms with E-state index in [-0.39, 0.29) is 17.9 Å². The predicted octanol–water partition coefficient (Wildman–Crippen LogP) is -0.571. The number of nitrogens with one attached hydrogen (secondary N) is 1. The van der Waals surface area contributed by atoms with Gasteiger partial charge in [-0.2, -0.15) is 0 Å². The molecule has 0 radical (unpaired) electrons. The molecule has 2 heterocycles. The van der Waals surface area contributed by atoms with Crippen LogP contribution in [-0.4, -0.2) is 60.4 Å². The van der Waals surface area contributed by atoms with E-state index in [9.17, 15) is 9.59 Å². The highest BCUT2D eigenvalue weighted by atomic mass is 16.2. The van der Waals surface area contributed by atoms with Crippen LogP contribution in [0.4, 0.5) is 0 Å². The summed E-state index contributed by atoms with van der Waals surface area (Å²) in [6.07, 6.45) is 2.02. The SMILES string of the molecule is CCCCN1CC2CNCCN2C(=O)C1=O. The smallest absolute Gasteiger partial charge is 0.312 e. The van der Waals surface area contributed by atoms with E-state index in [1.165, 1.54) is 0 Å². The molecule has 2 fully saturated rings. The summed E-state index contributed by atoms with van der Waals surface area (Å²) in [5, 5.41) is 3.26. The molecule has 0 aromatic rings. The molecule has 2 saturated heterocycles. The van der Waals surface area contributed by atoms with Crippen LogP contribution in [-0.2, 0) is 9.59 Å². The average Bonchev–Trinajstić information content (AvgIpc) is 2.32. The molecule has 5 nitrogen and oxygen atoms in total. The first-order valence-corrected chi connectivity index (χ1v) is 6.04. The van der Waals surface area contributed by atoms with Crippen LogP contribution >= 0.6 is 0 Å². The van der Waals surface area contributed by atoms with E-state index in [0.29, 0.717) is 19.6 Å². The van der Waals surface area contributed by atoms with Crippen molar-refractivity contribution in [1.82, 2.24) is 15.1 Å². The molecule has 0 aromatic heterocycles. The zero-order valence-electron chi connectivity index (χ0n) is 9.74. The second-order valence-corrected chi connectivity index (χ2v) is 4.46. The zero-order chi connectivity index (χ0) is 11.5. The number of hydrogen-bond acceptors (Lipinski definition) is 3. The van der Waals surface area contributed by atoms with Crippen LogP contribution in [0.25, 0.3) is 0 Å². The van der Waals surface area contributed by atoms with Crippen LogP contribution in [0.5, 0.6) is 0 Å². The van der Waals surface area contributed by atoms with Crippen molar-refractivity contribution >= 4 is 11.8 Å². The molecule has 1 unspecified atom stereocenters. The fourth-order valence-electron chi connectivity index (χ4n) is 2.33. The van der Waals surface area contributed by atoms with Gasteiger partial charge < -0.3 is 15.1 Å². The van der Waals surface area contributed by atoms with E-state index in [4.69, 9.17) is 0 Å². The van der Waals surface area contributed by atoms with Crippen molar-refractivity contribution < 1.29 is 9.59 Å². The molecule has 16 heavy (non-hydrogen) atoms. The van der Waals surface area contributed by atoms with E-state index in [0.717, 1.165) is 25.9 Å². The Morgan fingerprint density at radius 2 is 2.19 bits per heavy atom. The number of carbonyl (C=O) groups is 2. The van der Waals surface area contributed by atoms with Crippen LogP contribution < -0.4 is 5.32 Å². The molecule has 2 rings (SSSR count). The highest BCUT2D eigenvalue weighted by Gasteiger charge is 2.39. The lowest BCUT2D eigenvalue weighted by molar-refractivity contribution is -0.159. The van der Waals surface area contributed by atoms with Gasteiger partial charge in [-0.1, -0.05) is 13.3 Å². The van der Waals surface area contributed by atoms with Crippen molar-refractivity contribution in [3.63, 3.8) is 0 Å². The Morgan fingerprint density at radius 1 is 1.38 bits per heavy atom. The largest absolute Gasteiger partial charge is 0.332 e. The molecule has 0 saturated carbocycles. The summed E-state index contributed by atoms with van der Waals surface area (Å²) in [7, 11) is 0. The Labute approximate surface area is 95.8 Å². The maximum absolute atomic E-state index is 11.8. The number of rotatable bonds is 3. The Hall–Kier alpha value is -1.10. The number of fused-ring (bicyclic) bond motifs is 1. The molecule has 2 aliphatic heterocycles. The third kappa shape index (κ3) is 2.04. The standard InChI is InChI=1S/C11H19N3O2/c1-2-3-5-13-8-9-7-12-4-6-14(9)11(16)10(13)15/h9,12H,2-8H2,1H3. The minimum Gasteiger partial charge on any atom is -0.332 e. The quantitative estimate of drug-likeness (QED) is 0.654. The van der Waals surface area contributed by atoms with Crippen molar-refractivity contribution in [2.24, 2.45) is 0 Å². The van der Waals surface area contributed by atoms with Crippen LogP contribution in [0.2, 0.25) is 0 Å². The van der Waals surface area contributed by atoms with Crippen molar-refractivity contribution in [3.8, 4) is 0 Å². The molecule has 1 atom stereocenters. The van der Waals surface area contributed by atoms with Gasteiger partial charge in [0, 0.05) is 32.7 Å². The van der Waals surface area contributed by atoms with Gasteiger partial charge in [0.25, 0.3) is 0 Å². The first-order chi connectivity index (χ1) is 7.74. The molecule has 2 aliphatic rings. The lowest BCUT2D eigenvalue weighted by Crippen LogP contribution is -2.65. The second-order valence-electron chi connectivity index (χ2n) is 4.46. The third-order valence-electron chi connectivity index (χ3n) is 3.29. The average molecular weight is 225 g/mol. The first kappa shape index (κ1) is 11.4. The molecular weight excluding hydrogens is 206 g/mol. The van der Waals surface area contributed by atoms with E-state index in [1.807, 2.05) is 0 Å². The summed E-state index contributed by atoms with van der Waals surface area (Å²) in [5.41, 5.74) is 0. The van der Waals surface area contributed by atoms with E-state index in [1.54, 1.807) is 9.80 Å². The number of carbonyl (C=O) groups excluding carboxylic acids is 2. The summed E-state index contributed by atoms with van der Waals surface area (Å²) in [5.74, 6) is -0.625. The monoisotopic (exact) mass is 225 g/mol. The van der Waals surface area contributed by atoms with Gasteiger partial charge in [-0.3, -0.25) is 9.59 Å². The van der Waals surface area contributed by atoms with Crippen LogP contribution in [0.3, 0.4) is 0 Å². The first-order valence-electron chi connectivity index (χ1n) is 6.04. The normalized spacial score (nSPS) is 25.9. The van der Waals surface area contributed by atoms with E-state index >= 15 is 0 Å². The van der Waals surface area contributed by atoms with Crippen molar-refractivity contribution in [2.75, 3.05) is 32.7 Å². The zero-order valence-corrected chi connectivity index (χ0v) is 9.74. The Balaban J connectivity index is 2.03. The Morgan fingerprint density at radius 3 is 2.94 bits per heavy atom. The lowest BCUT2D eigenvalue weighted by Gasteiger charge is -2.43. The van der Waals surface area contributed by atoms with Crippen LogP contribution in [0, 0.1) is 0 Å². The van der Waals surface area contributed by atoms with Crippen molar-refractivity contribution in [3.05, 3.63) is 0 Å². The molecule has 90 valence electrons. The molecule has 0 aliphatic carbocycles. The third-order valence-corrected chi connectivity index (χ3v) is 3.29. The number of amides is 2. The van der Waals surface area contributed by atoms with Gasteiger partial charge in [0.05, 0.1) is 6.04 Å². The molecule has 0 spiro atoms. The summed E-state index contributed by atoms with van der Waals surface area (Å²) in [6.45, 7) is 5.76. The minimum atomic E-state index is -0.313. The van der Waals surface area contributed by atoms with Crippen molar-refractivity contribution in [1.29, 1.82) is 0 Å². The number of hydrogen-bond donors (Lipinski definition) is 1. The van der Waals surface area contributed by atoms with Gasteiger partial charge in [0.1, 0.15) is 0 Å². The van der Waals surface area contributed by atoms with Gasteiger partial charge in [-0.15, -0.1) is 0 Å². The highest BCUT2D eigenvalue weighted by Crippen LogP contribution is 2.14. The fourth-order valence-corrected chi connectivity index (χ4v) is 2.33. The summed E-state index contributed by atoms with van der Waals surface area (Å²) >= 11 is 0. The molecule has 0 aromatic carbocycles. The molecule has 1 N–H and O–H groups in total. The maximum atomic E-state index is 11.8. The second kappa shape index (κ2) is 4.82. The van der Waals surface area contributed by atoms with Gasteiger partial charge in [0.15, 0.2) is 0 Å². The van der Waals surface area contributed by atoms with Gasteiger partial charge in [0.2, 0.25) is 0 Å². The van der Waals surface area contributed by atoms with Gasteiger partial charge in [-0.25, -0.2) is 0 Å². The van der Waals surface area contributed by atoms with E-state index in [2.05, 4.69) is 12.2 Å². The number of nitrogens with zero attached hydrogens (tertiary/aromatic N) is 2. The van der Waals surface area contributed by atoms with Crippen molar-refractivity contribution in [2.45, 2.75) is 25.8 Å². The maximum Gasteiger partial charge on any atom is 0.312 e. The van der Waals surface area contributed by atoms with Crippen LogP contribution in [0.15, 0.2) is 0 Å². The topological polar surface area (TPSA) is 52.6 Å². The summed E-state index contributed by atoms with van der Waals surface area (Å²) in [4.78, 5) is 27.1. The highest BCUT2D eigenvalue weighted by molar-refractivity contribution is 6.35. The molecule has 5 heteroatoms. The molecule has 0 bridgehead atoms. The van der Waals surface area contributed by atoms with Gasteiger partial charge >= 0.3 is 11.8 Å². The number of unbranched alkanes of at least 4 members (excludes halogenated alkanes) is 1. The van der Waals surface area contributed by atoms with Crippen LogP contribution in [0.1, 0.15) is 19.8 Å². The van der Waals surface area contributed by atoms with Gasteiger partial charge in [-0.05, 0) is 6.42 Å². The summed E-state index contributed by atoms with van der Waals surface area (Å²) in [6, 6.07) is 0.177. The lowest BCUT2D eigenvalue weighted by atomic mass is 10.1. The molecule has 2 amide bonds. The summed E-state index contributed by atoms with van der Waals surface area (Å²) < 4.78 is 0. The number of piperazine rings is 2. The molecular formula is C11H19N3O2. The minimum absolute atomic E-state index is 0.177.